The van der Waals surface area contributed by atoms with Crippen molar-refractivity contribution < 1.29 is 9.53 Å². The minimum absolute atomic E-state index is 0.0776. The van der Waals surface area contributed by atoms with Crippen molar-refractivity contribution in [3.05, 3.63) is 28.7 Å². The van der Waals surface area contributed by atoms with Crippen LogP contribution in [0.5, 0.6) is 0 Å². The number of piperidine rings is 1. The van der Waals surface area contributed by atoms with E-state index in [1.165, 1.54) is 0 Å². The summed E-state index contributed by atoms with van der Waals surface area (Å²) >= 11 is 0. The lowest BCUT2D eigenvalue weighted by Gasteiger charge is -2.33. The summed E-state index contributed by atoms with van der Waals surface area (Å²) in [7, 11) is 0. The van der Waals surface area contributed by atoms with E-state index in [0.29, 0.717) is 12.5 Å². The van der Waals surface area contributed by atoms with Gasteiger partial charge >= 0.3 is 6.09 Å². The molecule has 22 heavy (non-hydrogen) atoms. The molecule has 1 aromatic heterocycles. The molecule has 0 saturated carbocycles. The lowest BCUT2D eigenvalue weighted by Crippen LogP contribution is -2.40. The minimum atomic E-state index is -0.464. The van der Waals surface area contributed by atoms with Gasteiger partial charge in [0.05, 0.1) is 0 Å². The summed E-state index contributed by atoms with van der Waals surface area (Å²) in [5.74, 6) is 0.450. The Balaban J connectivity index is 1.76. The maximum absolute atomic E-state index is 11.6. The van der Waals surface area contributed by atoms with Crippen molar-refractivity contribution in [1.82, 2.24) is 10.3 Å². The largest absolute Gasteiger partial charge is 0.444 e. The quantitative estimate of drug-likeness (QED) is 0.897. The molecule has 1 saturated heterocycles. The number of H-pyrrole nitrogens is 1. The Labute approximate surface area is 130 Å². The third-order valence-corrected chi connectivity index (χ3v) is 3.67. The van der Waals surface area contributed by atoms with Crippen LogP contribution in [0.4, 0.5) is 10.5 Å². The Morgan fingerprint density at radius 3 is 2.68 bits per heavy atom. The highest BCUT2D eigenvalue weighted by Gasteiger charge is 2.21. The topological polar surface area (TPSA) is 74.4 Å². The molecule has 1 fully saturated rings. The fourth-order valence-corrected chi connectivity index (χ4v) is 2.57. The van der Waals surface area contributed by atoms with Crippen molar-refractivity contribution in [2.45, 2.75) is 39.2 Å². The van der Waals surface area contributed by atoms with E-state index >= 15 is 0 Å². The maximum Gasteiger partial charge on any atom is 0.407 e. The van der Waals surface area contributed by atoms with Crippen LogP contribution in [0.1, 0.15) is 33.6 Å². The standard InChI is InChI=1S/C16H25N3O3/c1-16(2,3)22-15(21)18-11-12-5-8-19(9-6-12)13-4-7-17-14(20)10-13/h4,7,10,12H,5-6,8-9,11H2,1-3H3,(H,17,20)(H,18,21). The summed E-state index contributed by atoms with van der Waals surface area (Å²) in [5, 5.41) is 2.84. The lowest BCUT2D eigenvalue weighted by molar-refractivity contribution is 0.0517. The van der Waals surface area contributed by atoms with Crippen molar-refractivity contribution >= 4 is 11.8 Å². The first-order valence-corrected chi connectivity index (χ1v) is 7.74. The first kappa shape index (κ1) is 16.4. The van der Waals surface area contributed by atoms with Gasteiger partial charge in [-0.1, -0.05) is 0 Å². The predicted octanol–water partition coefficient (Wildman–Crippen LogP) is 2.12. The second-order valence-corrected chi connectivity index (χ2v) is 6.72. The van der Waals surface area contributed by atoms with Crippen LogP contribution >= 0.6 is 0 Å². The number of alkyl carbamates (subject to hydrolysis) is 1. The molecule has 2 rings (SSSR count). The fourth-order valence-electron chi connectivity index (χ4n) is 2.57. The molecule has 2 heterocycles. The van der Waals surface area contributed by atoms with Crippen LogP contribution in [0.25, 0.3) is 0 Å². The van der Waals surface area contributed by atoms with Gasteiger partial charge in [0.1, 0.15) is 5.60 Å². The number of nitrogens with one attached hydrogen (secondary N) is 2. The summed E-state index contributed by atoms with van der Waals surface area (Å²) in [6.07, 6.45) is 3.29. The van der Waals surface area contributed by atoms with Gasteiger partial charge in [-0.3, -0.25) is 4.79 Å². The summed E-state index contributed by atoms with van der Waals surface area (Å²) in [6.45, 7) is 7.98. The number of amides is 1. The summed E-state index contributed by atoms with van der Waals surface area (Å²) in [6, 6.07) is 3.54. The minimum Gasteiger partial charge on any atom is -0.444 e. The Morgan fingerprint density at radius 2 is 2.09 bits per heavy atom. The molecule has 2 N–H and O–H groups in total. The van der Waals surface area contributed by atoms with Crippen LogP contribution in [-0.2, 0) is 4.74 Å². The van der Waals surface area contributed by atoms with Gasteiger partial charge in [0, 0.05) is 37.6 Å². The molecule has 0 aromatic carbocycles. The summed E-state index contributed by atoms with van der Waals surface area (Å²) in [5.41, 5.74) is 0.418. The molecule has 6 nitrogen and oxygen atoms in total. The van der Waals surface area contributed by atoms with Gasteiger partial charge in [-0.25, -0.2) is 4.79 Å². The van der Waals surface area contributed by atoms with Gasteiger partial charge < -0.3 is 19.9 Å². The monoisotopic (exact) mass is 307 g/mol. The molecule has 122 valence electrons. The Kier molecular flexibility index (Phi) is 5.11. The molecule has 1 aliphatic heterocycles. The first-order valence-electron chi connectivity index (χ1n) is 7.74. The molecule has 6 heteroatoms. The van der Waals surface area contributed by atoms with E-state index in [9.17, 15) is 9.59 Å². The third kappa shape index (κ3) is 5.09. The van der Waals surface area contributed by atoms with Crippen molar-refractivity contribution in [2.24, 2.45) is 5.92 Å². The molecule has 0 radical (unpaired) electrons. The van der Waals surface area contributed by atoms with Crippen LogP contribution in [0.2, 0.25) is 0 Å². The zero-order valence-corrected chi connectivity index (χ0v) is 13.5. The number of hydrogen-bond acceptors (Lipinski definition) is 4. The number of aromatic nitrogens is 1. The lowest BCUT2D eigenvalue weighted by atomic mass is 9.96. The van der Waals surface area contributed by atoms with Gasteiger partial charge in [0.25, 0.3) is 0 Å². The zero-order valence-electron chi connectivity index (χ0n) is 13.5. The van der Waals surface area contributed by atoms with Gasteiger partial charge in [0.15, 0.2) is 0 Å². The highest BCUT2D eigenvalue weighted by atomic mass is 16.6. The summed E-state index contributed by atoms with van der Waals surface area (Å²) < 4.78 is 5.23. The van der Waals surface area contributed by atoms with E-state index in [1.54, 1.807) is 12.3 Å². The molecule has 0 bridgehead atoms. The van der Waals surface area contributed by atoms with Crippen LogP contribution in [0.15, 0.2) is 23.1 Å². The average molecular weight is 307 g/mol. The van der Waals surface area contributed by atoms with Gasteiger partial charge in [-0.15, -0.1) is 0 Å². The number of carbonyl (C=O) groups excluding carboxylic acids is 1. The molecular formula is C16H25N3O3. The van der Waals surface area contributed by atoms with Crippen molar-refractivity contribution in [3.63, 3.8) is 0 Å². The predicted molar refractivity (Wildman–Crippen MR) is 86.2 cm³/mol. The van der Waals surface area contributed by atoms with E-state index < -0.39 is 5.60 Å². The molecule has 1 amide bonds. The number of carbonyl (C=O) groups is 1. The highest BCUT2D eigenvalue weighted by molar-refractivity contribution is 5.67. The second kappa shape index (κ2) is 6.85. The van der Waals surface area contributed by atoms with Crippen LogP contribution in [0.3, 0.4) is 0 Å². The number of pyridine rings is 1. The molecule has 1 aromatic rings. The average Bonchev–Trinajstić information content (AvgIpc) is 2.44. The Hall–Kier alpha value is -1.98. The molecule has 0 atom stereocenters. The van der Waals surface area contributed by atoms with E-state index in [1.807, 2.05) is 26.8 Å². The number of aromatic amines is 1. The summed E-state index contributed by atoms with van der Waals surface area (Å²) in [4.78, 5) is 27.8. The number of hydrogen-bond donors (Lipinski definition) is 2. The first-order chi connectivity index (χ1) is 10.3. The highest BCUT2D eigenvalue weighted by Crippen LogP contribution is 2.21. The number of nitrogens with zero attached hydrogens (tertiary/aromatic N) is 1. The number of anilines is 1. The van der Waals surface area contributed by atoms with E-state index in [4.69, 9.17) is 4.74 Å². The molecule has 1 aliphatic rings. The third-order valence-electron chi connectivity index (χ3n) is 3.67. The fraction of sp³-hybridized carbons (Fsp3) is 0.625. The molecular weight excluding hydrogens is 282 g/mol. The number of ether oxygens (including phenoxy) is 1. The van der Waals surface area contributed by atoms with E-state index in [-0.39, 0.29) is 11.7 Å². The molecule has 0 aliphatic carbocycles. The van der Waals surface area contributed by atoms with Crippen LogP contribution in [0, 0.1) is 5.92 Å². The van der Waals surface area contributed by atoms with Crippen LogP contribution in [-0.4, -0.2) is 36.3 Å². The van der Waals surface area contributed by atoms with Crippen molar-refractivity contribution in [3.8, 4) is 0 Å². The smallest absolute Gasteiger partial charge is 0.407 e. The Bertz CT molecular complexity index is 554. The van der Waals surface area contributed by atoms with Crippen molar-refractivity contribution in [1.29, 1.82) is 0 Å². The van der Waals surface area contributed by atoms with Gasteiger partial charge in [-0.2, -0.15) is 0 Å². The van der Waals surface area contributed by atoms with Gasteiger partial charge in [0.2, 0.25) is 5.56 Å². The second-order valence-electron chi connectivity index (χ2n) is 6.72. The normalized spacial score (nSPS) is 16.4. The maximum atomic E-state index is 11.6. The van der Waals surface area contributed by atoms with E-state index in [0.717, 1.165) is 31.6 Å². The van der Waals surface area contributed by atoms with Crippen molar-refractivity contribution in [2.75, 3.05) is 24.5 Å². The van der Waals surface area contributed by atoms with Gasteiger partial charge in [-0.05, 0) is 45.6 Å². The van der Waals surface area contributed by atoms with E-state index in [2.05, 4.69) is 15.2 Å². The molecule has 0 spiro atoms. The SMILES string of the molecule is CC(C)(C)OC(=O)NCC1CCN(c2cc[nH]c(=O)c2)CC1. The van der Waals surface area contributed by atoms with Crippen LogP contribution < -0.4 is 15.8 Å². The number of rotatable bonds is 3. The Morgan fingerprint density at radius 1 is 1.41 bits per heavy atom. The zero-order chi connectivity index (χ0) is 16.2. The molecule has 0 unspecified atom stereocenters.